The van der Waals surface area contributed by atoms with Crippen molar-refractivity contribution in [3.05, 3.63) is 23.3 Å². The first-order chi connectivity index (χ1) is 9.94. The van der Waals surface area contributed by atoms with E-state index in [9.17, 15) is 8.42 Å². The molecule has 1 saturated heterocycles. The zero-order chi connectivity index (χ0) is 15.5. The quantitative estimate of drug-likeness (QED) is 0.903. The highest BCUT2D eigenvalue weighted by Gasteiger charge is 2.23. The third-order valence-corrected chi connectivity index (χ3v) is 5.33. The van der Waals surface area contributed by atoms with E-state index in [4.69, 9.17) is 9.47 Å². The molecule has 0 amide bonds. The highest BCUT2D eigenvalue weighted by molar-refractivity contribution is 7.89. The number of sulfonamides is 1. The number of methoxy groups -OCH3 is 1. The second-order valence-electron chi connectivity index (χ2n) is 5.52. The van der Waals surface area contributed by atoms with Crippen LogP contribution in [0.4, 0.5) is 0 Å². The van der Waals surface area contributed by atoms with Crippen LogP contribution in [0.2, 0.25) is 0 Å². The molecular formula is C15H23NO4S. The molecule has 6 heteroatoms. The highest BCUT2D eigenvalue weighted by atomic mass is 32.2. The minimum absolute atomic E-state index is 0.199. The van der Waals surface area contributed by atoms with Gasteiger partial charge in [-0.2, -0.15) is 0 Å². The minimum atomic E-state index is -3.57. The molecule has 0 aliphatic carbocycles. The predicted molar refractivity (Wildman–Crippen MR) is 81.2 cm³/mol. The molecule has 2 rings (SSSR count). The molecule has 0 spiro atoms. The lowest BCUT2D eigenvalue weighted by Crippen LogP contribution is -2.33. The highest BCUT2D eigenvalue weighted by Crippen LogP contribution is 2.27. The van der Waals surface area contributed by atoms with Gasteiger partial charge in [-0.15, -0.1) is 0 Å². The van der Waals surface area contributed by atoms with Gasteiger partial charge in [0.1, 0.15) is 10.6 Å². The van der Waals surface area contributed by atoms with Crippen LogP contribution in [-0.4, -0.2) is 35.3 Å². The van der Waals surface area contributed by atoms with Crippen LogP contribution in [0, 0.1) is 19.8 Å². The number of benzene rings is 1. The van der Waals surface area contributed by atoms with Crippen LogP contribution < -0.4 is 9.46 Å². The average molecular weight is 313 g/mol. The van der Waals surface area contributed by atoms with Gasteiger partial charge in [0, 0.05) is 13.2 Å². The summed E-state index contributed by atoms with van der Waals surface area (Å²) >= 11 is 0. The zero-order valence-electron chi connectivity index (χ0n) is 12.8. The number of hydrogen-bond donors (Lipinski definition) is 1. The molecular weight excluding hydrogens is 290 g/mol. The maximum atomic E-state index is 12.5. The van der Waals surface area contributed by atoms with Crippen molar-refractivity contribution in [2.24, 2.45) is 5.92 Å². The fourth-order valence-corrected chi connectivity index (χ4v) is 3.76. The predicted octanol–water partition coefficient (Wildman–Crippen LogP) is 2.02. The van der Waals surface area contributed by atoms with E-state index in [-0.39, 0.29) is 10.8 Å². The normalized spacial score (nSPS) is 19.5. The Balaban J connectivity index is 2.16. The average Bonchev–Trinajstić information content (AvgIpc) is 2.48. The molecule has 1 heterocycles. The van der Waals surface area contributed by atoms with Crippen LogP contribution in [-0.2, 0) is 14.8 Å². The molecule has 1 aromatic rings. The summed E-state index contributed by atoms with van der Waals surface area (Å²) in [5.41, 5.74) is 1.93. The first kappa shape index (κ1) is 16.3. The van der Waals surface area contributed by atoms with Crippen molar-refractivity contribution in [2.75, 3.05) is 26.9 Å². The molecule has 5 nitrogen and oxygen atoms in total. The molecule has 1 fully saturated rings. The van der Waals surface area contributed by atoms with E-state index >= 15 is 0 Å². The smallest absolute Gasteiger partial charge is 0.244 e. The lowest BCUT2D eigenvalue weighted by molar-refractivity contribution is 0.0568. The summed E-state index contributed by atoms with van der Waals surface area (Å²) in [6, 6.07) is 3.42. The van der Waals surface area contributed by atoms with Gasteiger partial charge < -0.3 is 9.47 Å². The minimum Gasteiger partial charge on any atom is -0.495 e. The van der Waals surface area contributed by atoms with Gasteiger partial charge in [-0.25, -0.2) is 13.1 Å². The van der Waals surface area contributed by atoms with Gasteiger partial charge in [-0.05, 0) is 55.9 Å². The summed E-state index contributed by atoms with van der Waals surface area (Å²) in [6.45, 7) is 5.61. The second kappa shape index (κ2) is 6.77. The van der Waals surface area contributed by atoms with Crippen molar-refractivity contribution >= 4 is 10.0 Å². The Labute approximate surface area is 126 Å². The van der Waals surface area contributed by atoms with E-state index in [2.05, 4.69) is 4.72 Å². The van der Waals surface area contributed by atoms with Crippen molar-refractivity contribution in [3.63, 3.8) is 0 Å². The molecule has 1 aliphatic heterocycles. The molecule has 0 aromatic heterocycles. The van der Waals surface area contributed by atoms with Gasteiger partial charge >= 0.3 is 0 Å². The maximum Gasteiger partial charge on any atom is 0.244 e. The Hall–Kier alpha value is -1.11. The number of aryl methyl sites for hydroxylation is 2. The Morgan fingerprint density at radius 2 is 2.05 bits per heavy atom. The van der Waals surface area contributed by atoms with Gasteiger partial charge in [-0.3, -0.25) is 0 Å². The van der Waals surface area contributed by atoms with Crippen LogP contribution in [0.25, 0.3) is 0 Å². The Morgan fingerprint density at radius 3 is 2.67 bits per heavy atom. The first-order valence-electron chi connectivity index (χ1n) is 7.16. The molecule has 0 bridgehead atoms. The van der Waals surface area contributed by atoms with E-state index in [1.54, 1.807) is 12.1 Å². The standard InChI is InChI=1S/C15H23NO4S/c1-11-7-14(19-3)15(8-12(11)2)21(17,18)16-9-13-5-4-6-20-10-13/h7-8,13,16H,4-6,9-10H2,1-3H3. The van der Waals surface area contributed by atoms with Crippen LogP contribution >= 0.6 is 0 Å². The van der Waals surface area contributed by atoms with E-state index in [1.807, 2.05) is 13.8 Å². The van der Waals surface area contributed by atoms with Gasteiger partial charge in [-0.1, -0.05) is 0 Å². The second-order valence-corrected chi connectivity index (χ2v) is 7.26. The van der Waals surface area contributed by atoms with Gasteiger partial charge in [0.25, 0.3) is 0 Å². The lowest BCUT2D eigenvalue weighted by Gasteiger charge is -2.22. The molecule has 1 N–H and O–H groups in total. The van der Waals surface area contributed by atoms with Gasteiger partial charge in [0.15, 0.2) is 0 Å². The molecule has 0 radical (unpaired) electrons. The molecule has 1 aliphatic rings. The number of nitrogens with one attached hydrogen (secondary N) is 1. The zero-order valence-corrected chi connectivity index (χ0v) is 13.6. The Bertz CT molecular complexity index is 592. The van der Waals surface area contributed by atoms with E-state index < -0.39 is 10.0 Å². The summed E-state index contributed by atoms with van der Waals surface area (Å²) in [5, 5.41) is 0. The van der Waals surface area contributed by atoms with E-state index in [0.29, 0.717) is 18.9 Å². The first-order valence-corrected chi connectivity index (χ1v) is 8.65. The van der Waals surface area contributed by atoms with Crippen molar-refractivity contribution < 1.29 is 17.9 Å². The maximum absolute atomic E-state index is 12.5. The van der Waals surface area contributed by atoms with Crippen molar-refractivity contribution in [2.45, 2.75) is 31.6 Å². The number of rotatable bonds is 5. The number of hydrogen-bond acceptors (Lipinski definition) is 4. The Morgan fingerprint density at radius 1 is 1.33 bits per heavy atom. The van der Waals surface area contributed by atoms with Crippen LogP contribution in [0.5, 0.6) is 5.75 Å². The van der Waals surface area contributed by atoms with Crippen LogP contribution in [0.3, 0.4) is 0 Å². The van der Waals surface area contributed by atoms with Crippen molar-refractivity contribution in [1.29, 1.82) is 0 Å². The van der Waals surface area contributed by atoms with Crippen molar-refractivity contribution in [3.8, 4) is 5.75 Å². The van der Waals surface area contributed by atoms with Crippen LogP contribution in [0.15, 0.2) is 17.0 Å². The lowest BCUT2D eigenvalue weighted by atomic mass is 10.0. The third-order valence-electron chi connectivity index (χ3n) is 3.89. The molecule has 1 atom stereocenters. The summed E-state index contributed by atoms with van der Waals surface area (Å²) in [4.78, 5) is 0.199. The monoisotopic (exact) mass is 313 g/mol. The summed E-state index contributed by atoms with van der Waals surface area (Å²) in [7, 11) is -2.09. The molecule has 118 valence electrons. The fraction of sp³-hybridized carbons (Fsp3) is 0.600. The molecule has 1 unspecified atom stereocenters. The molecule has 21 heavy (non-hydrogen) atoms. The number of ether oxygens (including phenoxy) is 2. The summed E-state index contributed by atoms with van der Waals surface area (Å²) in [5.74, 6) is 0.622. The Kier molecular flexibility index (Phi) is 5.24. The van der Waals surface area contributed by atoms with Crippen LogP contribution in [0.1, 0.15) is 24.0 Å². The summed E-state index contributed by atoms with van der Waals surface area (Å²) < 4.78 is 38.2. The van der Waals surface area contributed by atoms with Gasteiger partial charge in [0.05, 0.1) is 13.7 Å². The topological polar surface area (TPSA) is 64.6 Å². The molecule has 1 aromatic carbocycles. The third kappa shape index (κ3) is 3.96. The van der Waals surface area contributed by atoms with E-state index in [1.165, 1.54) is 7.11 Å². The SMILES string of the molecule is COc1cc(C)c(C)cc1S(=O)(=O)NCC1CCCOC1. The molecule has 0 saturated carbocycles. The summed E-state index contributed by atoms with van der Waals surface area (Å²) in [6.07, 6.45) is 1.98. The van der Waals surface area contributed by atoms with E-state index in [0.717, 1.165) is 30.6 Å². The fourth-order valence-electron chi connectivity index (χ4n) is 2.41. The van der Waals surface area contributed by atoms with Crippen molar-refractivity contribution in [1.82, 2.24) is 4.72 Å². The van der Waals surface area contributed by atoms with Gasteiger partial charge in [0.2, 0.25) is 10.0 Å². The largest absolute Gasteiger partial charge is 0.495 e.